The molecule has 0 saturated heterocycles. The van der Waals surface area contributed by atoms with Gasteiger partial charge in [-0.1, -0.05) is 47.1 Å². The minimum Gasteiger partial charge on any atom is -0.362 e. The van der Waals surface area contributed by atoms with E-state index in [-0.39, 0.29) is 16.7 Å². The van der Waals surface area contributed by atoms with Crippen molar-refractivity contribution >= 4 is 40.8 Å². The van der Waals surface area contributed by atoms with E-state index >= 15 is 0 Å². The second kappa shape index (κ2) is 7.84. The number of ketones is 1. The molecule has 2 unspecified atom stereocenters. The van der Waals surface area contributed by atoms with Gasteiger partial charge in [0.2, 0.25) is 5.78 Å². The van der Waals surface area contributed by atoms with E-state index in [0.717, 1.165) is 4.90 Å². The molecule has 1 aliphatic heterocycles. The van der Waals surface area contributed by atoms with E-state index in [0.29, 0.717) is 16.1 Å². The number of carbonyl (C=O) groups excluding carboxylic acids is 2. The Morgan fingerprint density at radius 1 is 1.22 bits per heavy atom. The number of hydrogen-bond acceptors (Lipinski definition) is 6. The van der Waals surface area contributed by atoms with Gasteiger partial charge in [0.05, 0.1) is 5.25 Å². The first-order valence-corrected chi connectivity index (χ1v) is 9.53. The first-order valence-electron chi connectivity index (χ1n) is 8.27. The zero-order valence-electron chi connectivity index (χ0n) is 15.1. The molecule has 1 aliphatic rings. The number of methoxy groups -OCH3 is 1. The molecule has 5 nitrogen and oxygen atoms in total. The predicted octanol–water partition coefficient (Wildman–Crippen LogP) is 4.48. The third-order valence-electron chi connectivity index (χ3n) is 4.46. The number of oxime groups is 1. The molecule has 27 heavy (non-hydrogen) atoms. The summed E-state index contributed by atoms with van der Waals surface area (Å²) in [6.07, 6.45) is 0. The van der Waals surface area contributed by atoms with Gasteiger partial charge in [-0.15, -0.1) is 11.8 Å². The number of hydrogen-bond donors (Lipinski definition) is 0. The van der Waals surface area contributed by atoms with E-state index in [1.165, 1.54) is 18.9 Å². The standard InChI is InChI=1S/C20H18ClNO4S/c1-12-17(18(23)15-11-14(21)9-10-16(15)27-12)22-26-19(24)20(2,25-3)13-7-5-4-6-8-13/h4-12H,1-3H3/b22-17+. The van der Waals surface area contributed by atoms with Crippen LogP contribution in [0.25, 0.3) is 0 Å². The van der Waals surface area contributed by atoms with Crippen LogP contribution in [0.3, 0.4) is 0 Å². The molecule has 0 amide bonds. The van der Waals surface area contributed by atoms with E-state index in [9.17, 15) is 9.59 Å². The fraction of sp³-hybridized carbons (Fsp3) is 0.250. The predicted molar refractivity (Wildman–Crippen MR) is 105 cm³/mol. The molecule has 140 valence electrons. The van der Waals surface area contributed by atoms with Crippen molar-refractivity contribution < 1.29 is 19.2 Å². The van der Waals surface area contributed by atoms with Crippen molar-refractivity contribution in [2.45, 2.75) is 29.6 Å². The maximum atomic E-state index is 12.8. The molecule has 0 aromatic heterocycles. The van der Waals surface area contributed by atoms with Crippen LogP contribution >= 0.6 is 23.4 Å². The molecular weight excluding hydrogens is 386 g/mol. The Kier molecular flexibility index (Phi) is 5.69. The Morgan fingerprint density at radius 2 is 1.93 bits per heavy atom. The summed E-state index contributed by atoms with van der Waals surface area (Å²) >= 11 is 7.46. The van der Waals surface area contributed by atoms with Gasteiger partial charge in [0.15, 0.2) is 5.60 Å². The van der Waals surface area contributed by atoms with Crippen molar-refractivity contribution in [2.24, 2.45) is 5.16 Å². The summed E-state index contributed by atoms with van der Waals surface area (Å²) in [5.74, 6) is -1.00. The van der Waals surface area contributed by atoms with Crippen LogP contribution < -0.4 is 0 Å². The van der Waals surface area contributed by atoms with Gasteiger partial charge in [-0.3, -0.25) is 4.79 Å². The maximum Gasteiger partial charge on any atom is 0.370 e. The summed E-state index contributed by atoms with van der Waals surface area (Å²) in [6.45, 7) is 3.43. The molecule has 1 heterocycles. The Balaban J connectivity index is 1.86. The van der Waals surface area contributed by atoms with Crippen LogP contribution in [0.5, 0.6) is 0 Å². The molecule has 2 aromatic rings. The van der Waals surface area contributed by atoms with Gasteiger partial charge in [-0.25, -0.2) is 4.79 Å². The zero-order chi connectivity index (χ0) is 19.6. The fourth-order valence-electron chi connectivity index (χ4n) is 2.72. The van der Waals surface area contributed by atoms with Gasteiger partial charge in [0, 0.05) is 22.6 Å². The lowest BCUT2D eigenvalue weighted by atomic mass is 9.96. The molecule has 0 aliphatic carbocycles. The SMILES string of the molecule is COC(C)(C(=O)O/N=C1/C(=O)c2cc(Cl)ccc2SC1C)c1ccccc1. The summed E-state index contributed by atoms with van der Waals surface area (Å²) in [6, 6.07) is 14.1. The van der Waals surface area contributed by atoms with Crippen molar-refractivity contribution in [3.05, 3.63) is 64.7 Å². The first kappa shape index (κ1) is 19.6. The minimum atomic E-state index is -1.33. The largest absolute Gasteiger partial charge is 0.370 e. The van der Waals surface area contributed by atoms with Crippen molar-refractivity contribution in [1.82, 2.24) is 0 Å². The highest BCUT2D eigenvalue weighted by Gasteiger charge is 2.38. The number of nitrogens with zero attached hydrogens (tertiary/aromatic N) is 1. The van der Waals surface area contributed by atoms with Gasteiger partial charge < -0.3 is 9.57 Å². The summed E-state index contributed by atoms with van der Waals surface area (Å²) in [5, 5.41) is 4.09. The van der Waals surface area contributed by atoms with Crippen LogP contribution in [0.1, 0.15) is 29.8 Å². The topological polar surface area (TPSA) is 65.0 Å². The summed E-state index contributed by atoms with van der Waals surface area (Å²) in [4.78, 5) is 31.4. The average molecular weight is 404 g/mol. The van der Waals surface area contributed by atoms with Crippen LogP contribution in [0.2, 0.25) is 5.02 Å². The van der Waals surface area contributed by atoms with E-state index < -0.39 is 11.6 Å². The smallest absolute Gasteiger partial charge is 0.362 e. The number of halogens is 1. The average Bonchev–Trinajstić information content (AvgIpc) is 2.68. The number of Topliss-reactive ketones (excluding diaryl/α,β-unsaturated/α-hetero) is 1. The van der Waals surface area contributed by atoms with E-state index in [1.54, 1.807) is 49.4 Å². The molecule has 0 N–H and O–H groups in total. The molecule has 0 saturated carbocycles. The molecule has 0 bridgehead atoms. The lowest BCUT2D eigenvalue weighted by Crippen LogP contribution is -2.36. The Bertz CT molecular complexity index is 915. The number of thioether (sulfide) groups is 1. The van der Waals surface area contributed by atoms with Crippen molar-refractivity contribution in [3.8, 4) is 0 Å². The van der Waals surface area contributed by atoms with Gasteiger partial charge in [0.1, 0.15) is 5.71 Å². The molecular formula is C20H18ClNO4S. The Morgan fingerprint density at radius 3 is 2.59 bits per heavy atom. The third kappa shape index (κ3) is 3.78. The fourth-order valence-corrected chi connectivity index (χ4v) is 3.96. The quantitative estimate of drug-likeness (QED) is 0.556. The van der Waals surface area contributed by atoms with Gasteiger partial charge in [-0.05, 0) is 37.6 Å². The number of ether oxygens (including phenoxy) is 1. The highest BCUT2D eigenvalue weighted by atomic mass is 35.5. The van der Waals surface area contributed by atoms with Crippen LogP contribution in [-0.2, 0) is 20.0 Å². The highest BCUT2D eigenvalue weighted by Crippen LogP contribution is 2.35. The van der Waals surface area contributed by atoms with Crippen LogP contribution in [0.4, 0.5) is 0 Å². The van der Waals surface area contributed by atoms with Crippen LogP contribution in [-0.4, -0.2) is 29.8 Å². The van der Waals surface area contributed by atoms with Crippen molar-refractivity contribution in [2.75, 3.05) is 7.11 Å². The molecule has 3 rings (SSSR count). The molecule has 0 fully saturated rings. The lowest BCUT2D eigenvalue weighted by Gasteiger charge is -2.25. The normalized spacial score (nSPS) is 20.1. The maximum absolute atomic E-state index is 12.8. The van der Waals surface area contributed by atoms with Gasteiger partial charge in [-0.2, -0.15) is 0 Å². The van der Waals surface area contributed by atoms with E-state index in [2.05, 4.69) is 5.16 Å². The highest BCUT2D eigenvalue weighted by molar-refractivity contribution is 8.01. The van der Waals surface area contributed by atoms with Crippen molar-refractivity contribution in [3.63, 3.8) is 0 Å². The van der Waals surface area contributed by atoms with Crippen molar-refractivity contribution in [1.29, 1.82) is 0 Å². The molecule has 0 radical (unpaired) electrons. The summed E-state index contributed by atoms with van der Waals surface area (Å²) in [5.41, 5.74) is -0.0829. The van der Waals surface area contributed by atoms with Crippen LogP contribution in [0, 0.1) is 0 Å². The van der Waals surface area contributed by atoms with Crippen LogP contribution in [0.15, 0.2) is 58.6 Å². The minimum absolute atomic E-state index is 0.162. The molecule has 7 heteroatoms. The monoisotopic (exact) mass is 403 g/mol. The lowest BCUT2D eigenvalue weighted by molar-refractivity contribution is -0.168. The number of benzene rings is 2. The second-order valence-electron chi connectivity index (χ2n) is 6.19. The zero-order valence-corrected chi connectivity index (χ0v) is 16.6. The molecule has 2 atom stereocenters. The van der Waals surface area contributed by atoms with E-state index in [1.807, 2.05) is 13.0 Å². The first-order chi connectivity index (χ1) is 12.9. The van der Waals surface area contributed by atoms with E-state index in [4.69, 9.17) is 21.2 Å². The number of rotatable bonds is 4. The number of fused-ring (bicyclic) bond motifs is 1. The second-order valence-corrected chi connectivity index (χ2v) is 8.01. The number of carbonyl (C=O) groups is 2. The van der Waals surface area contributed by atoms with Gasteiger partial charge in [0.25, 0.3) is 0 Å². The Labute approximate surface area is 166 Å². The summed E-state index contributed by atoms with van der Waals surface area (Å²) < 4.78 is 5.40. The molecule has 0 spiro atoms. The molecule has 2 aromatic carbocycles. The van der Waals surface area contributed by atoms with Gasteiger partial charge >= 0.3 is 5.97 Å². The third-order valence-corrected chi connectivity index (χ3v) is 5.88. The Hall–Kier alpha value is -2.15. The summed E-state index contributed by atoms with van der Waals surface area (Å²) in [7, 11) is 1.42.